The molecule has 0 aliphatic carbocycles. The van der Waals surface area contributed by atoms with Gasteiger partial charge in [0.2, 0.25) is 0 Å². The number of hydrogen-bond acceptors (Lipinski definition) is 7. The number of esters is 2. The summed E-state index contributed by atoms with van der Waals surface area (Å²) in [7, 11) is 2.46. The van der Waals surface area contributed by atoms with Crippen molar-refractivity contribution in [2.24, 2.45) is 0 Å². The second kappa shape index (κ2) is 9.89. The van der Waals surface area contributed by atoms with Crippen LogP contribution in [0.2, 0.25) is 0 Å². The number of ether oxygens (including phenoxy) is 4. The van der Waals surface area contributed by atoms with Crippen LogP contribution in [0.3, 0.4) is 0 Å². The van der Waals surface area contributed by atoms with Gasteiger partial charge in [0, 0.05) is 17.9 Å². The first-order chi connectivity index (χ1) is 14.5. The number of nitrogens with one attached hydrogen (secondary N) is 1. The lowest BCUT2D eigenvalue weighted by Crippen LogP contribution is -2.16. The van der Waals surface area contributed by atoms with Crippen LogP contribution in [0.5, 0.6) is 5.75 Å². The average molecular weight is 413 g/mol. The third-order valence-corrected chi connectivity index (χ3v) is 4.61. The zero-order chi connectivity index (χ0) is 21.5. The third-order valence-electron chi connectivity index (χ3n) is 4.61. The van der Waals surface area contributed by atoms with Gasteiger partial charge in [-0.1, -0.05) is 0 Å². The largest absolute Gasteiger partial charge is 0.491 e. The molecule has 0 radical (unpaired) electrons. The van der Waals surface area contributed by atoms with Crippen molar-refractivity contribution in [1.82, 2.24) is 0 Å². The Kier molecular flexibility index (Phi) is 7.03. The first kappa shape index (κ1) is 21.3. The van der Waals surface area contributed by atoms with Crippen molar-refractivity contribution in [2.75, 3.05) is 32.8 Å². The molecule has 2 aromatic rings. The fourth-order valence-corrected chi connectivity index (χ4v) is 3.04. The SMILES string of the molecule is COC(=O)c1cc(NC(=O)c2ccc(OCC3CCCO3)cc2)cc(C(=O)OC)c1. The van der Waals surface area contributed by atoms with Crippen molar-refractivity contribution < 1.29 is 33.3 Å². The summed E-state index contributed by atoms with van der Waals surface area (Å²) < 4.78 is 20.6. The van der Waals surface area contributed by atoms with E-state index in [9.17, 15) is 14.4 Å². The van der Waals surface area contributed by atoms with Crippen molar-refractivity contribution in [3.8, 4) is 5.75 Å². The Morgan fingerprint density at radius 1 is 0.967 bits per heavy atom. The van der Waals surface area contributed by atoms with E-state index in [-0.39, 0.29) is 22.9 Å². The summed E-state index contributed by atoms with van der Waals surface area (Å²) in [5.74, 6) is -1.03. The monoisotopic (exact) mass is 413 g/mol. The van der Waals surface area contributed by atoms with Crippen LogP contribution in [0, 0.1) is 0 Å². The van der Waals surface area contributed by atoms with Gasteiger partial charge in [-0.3, -0.25) is 4.79 Å². The van der Waals surface area contributed by atoms with Crippen molar-refractivity contribution >= 4 is 23.5 Å². The van der Waals surface area contributed by atoms with Crippen LogP contribution < -0.4 is 10.1 Å². The normalized spacial score (nSPS) is 15.3. The van der Waals surface area contributed by atoms with E-state index >= 15 is 0 Å². The lowest BCUT2D eigenvalue weighted by Gasteiger charge is -2.12. The molecule has 158 valence electrons. The predicted octanol–water partition coefficient (Wildman–Crippen LogP) is 3.07. The molecule has 30 heavy (non-hydrogen) atoms. The number of hydrogen-bond donors (Lipinski definition) is 1. The van der Waals surface area contributed by atoms with Gasteiger partial charge in [-0.05, 0) is 55.3 Å². The number of methoxy groups -OCH3 is 2. The zero-order valence-electron chi connectivity index (χ0n) is 16.8. The molecule has 0 saturated carbocycles. The van der Waals surface area contributed by atoms with E-state index in [0.717, 1.165) is 19.4 Å². The maximum absolute atomic E-state index is 12.6. The minimum absolute atomic E-state index is 0.110. The first-order valence-corrected chi connectivity index (χ1v) is 9.47. The van der Waals surface area contributed by atoms with Gasteiger partial charge in [0.25, 0.3) is 5.91 Å². The quantitative estimate of drug-likeness (QED) is 0.696. The molecule has 0 aromatic heterocycles. The summed E-state index contributed by atoms with van der Waals surface area (Å²) in [6.45, 7) is 1.24. The number of carbonyl (C=O) groups is 3. The Morgan fingerprint density at radius 2 is 1.60 bits per heavy atom. The van der Waals surface area contributed by atoms with Crippen LogP contribution in [0.1, 0.15) is 43.9 Å². The average Bonchev–Trinajstić information content (AvgIpc) is 3.30. The van der Waals surface area contributed by atoms with Gasteiger partial charge in [0.05, 0.1) is 31.5 Å². The summed E-state index contributed by atoms with van der Waals surface area (Å²) in [4.78, 5) is 36.3. The van der Waals surface area contributed by atoms with Gasteiger partial charge in [-0.2, -0.15) is 0 Å². The standard InChI is InChI=1S/C22H23NO7/c1-27-21(25)15-10-16(22(26)28-2)12-17(11-15)23-20(24)14-5-7-18(8-6-14)30-13-19-4-3-9-29-19/h5-8,10-12,19H,3-4,9,13H2,1-2H3,(H,23,24). The van der Waals surface area contributed by atoms with Gasteiger partial charge >= 0.3 is 11.9 Å². The van der Waals surface area contributed by atoms with E-state index < -0.39 is 17.8 Å². The van der Waals surface area contributed by atoms with Crippen molar-refractivity contribution in [2.45, 2.75) is 18.9 Å². The van der Waals surface area contributed by atoms with Crippen LogP contribution in [0.4, 0.5) is 5.69 Å². The second-order valence-corrected chi connectivity index (χ2v) is 6.71. The highest BCUT2D eigenvalue weighted by atomic mass is 16.5. The molecule has 1 N–H and O–H groups in total. The first-order valence-electron chi connectivity index (χ1n) is 9.47. The molecule has 1 saturated heterocycles. The molecule has 1 aliphatic rings. The van der Waals surface area contributed by atoms with Gasteiger partial charge < -0.3 is 24.3 Å². The molecule has 8 heteroatoms. The highest BCUT2D eigenvalue weighted by Gasteiger charge is 2.17. The number of rotatable bonds is 7. The highest BCUT2D eigenvalue weighted by molar-refractivity contribution is 6.06. The van der Waals surface area contributed by atoms with E-state index in [1.54, 1.807) is 24.3 Å². The maximum atomic E-state index is 12.6. The fourth-order valence-electron chi connectivity index (χ4n) is 3.04. The number of carbonyl (C=O) groups excluding carboxylic acids is 3. The van der Waals surface area contributed by atoms with Crippen molar-refractivity contribution in [3.63, 3.8) is 0 Å². The highest BCUT2D eigenvalue weighted by Crippen LogP contribution is 2.20. The lowest BCUT2D eigenvalue weighted by molar-refractivity contribution is 0.0598. The van der Waals surface area contributed by atoms with Gasteiger partial charge in [-0.15, -0.1) is 0 Å². The Balaban J connectivity index is 1.69. The number of amides is 1. The van der Waals surface area contributed by atoms with E-state index in [1.807, 2.05) is 0 Å². The Morgan fingerprint density at radius 3 is 2.13 bits per heavy atom. The summed E-state index contributed by atoms with van der Waals surface area (Å²) in [5, 5.41) is 2.68. The lowest BCUT2D eigenvalue weighted by atomic mass is 10.1. The molecule has 8 nitrogen and oxygen atoms in total. The summed E-state index contributed by atoms with van der Waals surface area (Å²) in [6.07, 6.45) is 2.14. The van der Waals surface area contributed by atoms with Gasteiger partial charge in [-0.25, -0.2) is 9.59 Å². The molecule has 2 aromatic carbocycles. The number of anilines is 1. The molecule has 1 heterocycles. The van der Waals surface area contributed by atoms with Crippen LogP contribution >= 0.6 is 0 Å². The van der Waals surface area contributed by atoms with Gasteiger partial charge in [0.15, 0.2) is 0 Å². The second-order valence-electron chi connectivity index (χ2n) is 6.71. The molecule has 1 amide bonds. The molecule has 1 unspecified atom stereocenters. The molecule has 1 fully saturated rings. The molecule has 1 aliphatic heterocycles. The fraction of sp³-hybridized carbons (Fsp3) is 0.318. The van der Waals surface area contributed by atoms with Gasteiger partial charge in [0.1, 0.15) is 12.4 Å². The van der Waals surface area contributed by atoms with E-state index in [0.29, 0.717) is 17.9 Å². The van der Waals surface area contributed by atoms with Crippen molar-refractivity contribution in [1.29, 1.82) is 0 Å². The van der Waals surface area contributed by atoms with Crippen LogP contribution in [0.15, 0.2) is 42.5 Å². The number of benzene rings is 2. The van der Waals surface area contributed by atoms with E-state index in [1.165, 1.54) is 32.4 Å². The van der Waals surface area contributed by atoms with E-state index in [4.69, 9.17) is 18.9 Å². The molecular formula is C22H23NO7. The van der Waals surface area contributed by atoms with Crippen LogP contribution in [0.25, 0.3) is 0 Å². The van der Waals surface area contributed by atoms with Crippen molar-refractivity contribution in [3.05, 3.63) is 59.2 Å². The smallest absolute Gasteiger partial charge is 0.337 e. The summed E-state index contributed by atoms with van der Waals surface area (Å²) >= 11 is 0. The minimum Gasteiger partial charge on any atom is -0.491 e. The molecular weight excluding hydrogens is 390 g/mol. The third kappa shape index (κ3) is 5.36. The Bertz CT molecular complexity index is 883. The topological polar surface area (TPSA) is 100 Å². The van der Waals surface area contributed by atoms with Crippen LogP contribution in [-0.2, 0) is 14.2 Å². The van der Waals surface area contributed by atoms with Crippen LogP contribution in [-0.4, -0.2) is 51.4 Å². The van der Waals surface area contributed by atoms with E-state index in [2.05, 4.69) is 5.32 Å². The summed E-state index contributed by atoms with van der Waals surface area (Å²) in [5.41, 5.74) is 0.895. The minimum atomic E-state index is -0.635. The maximum Gasteiger partial charge on any atom is 0.337 e. The Hall–Kier alpha value is -3.39. The summed E-state index contributed by atoms with van der Waals surface area (Å²) in [6, 6.07) is 10.9. The molecule has 0 bridgehead atoms. The molecule has 3 rings (SSSR count). The zero-order valence-corrected chi connectivity index (χ0v) is 16.8. The molecule has 0 spiro atoms. The predicted molar refractivity (Wildman–Crippen MR) is 108 cm³/mol. The Labute approximate surface area is 174 Å². The molecule has 1 atom stereocenters.